The van der Waals surface area contributed by atoms with Gasteiger partial charge in [0, 0.05) is 0 Å². The van der Waals surface area contributed by atoms with Gasteiger partial charge in [-0.25, -0.2) is 0 Å². The van der Waals surface area contributed by atoms with E-state index in [1.165, 1.54) is 6.42 Å². The van der Waals surface area contributed by atoms with E-state index in [4.69, 9.17) is 0 Å². The van der Waals surface area contributed by atoms with E-state index in [9.17, 15) is 5.11 Å². The van der Waals surface area contributed by atoms with E-state index in [1.54, 1.807) is 0 Å². The van der Waals surface area contributed by atoms with Crippen LogP contribution in [-0.2, 0) is 0 Å². The minimum absolute atomic E-state index is 0.214. The molecule has 0 amide bonds. The molecule has 1 atom stereocenters. The van der Waals surface area contributed by atoms with Gasteiger partial charge in [-0.05, 0) is 37.0 Å². The molecule has 92 valence electrons. The molecule has 0 bridgehead atoms. The summed E-state index contributed by atoms with van der Waals surface area (Å²) in [7, 11) is 0. The summed E-state index contributed by atoms with van der Waals surface area (Å²) in [6, 6.07) is 0. The Morgan fingerprint density at radius 1 is 0.733 bits per heavy atom. The van der Waals surface area contributed by atoms with Gasteiger partial charge < -0.3 is 5.11 Å². The molecule has 0 aromatic carbocycles. The molecule has 0 fully saturated rings. The normalized spacial score (nSPS) is 17.6. The van der Waals surface area contributed by atoms with Crippen molar-refractivity contribution in [1.82, 2.24) is 0 Å². The summed E-state index contributed by atoms with van der Waals surface area (Å²) < 4.78 is 0. The van der Waals surface area contributed by atoms with Crippen molar-refractivity contribution in [3.63, 3.8) is 0 Å². The first kappa shape index (κ1) is 15.0. The summed E-state index contributed by atoms with van der Waals surface area (Å²) in [5.41, 5.74) is 0.104. The Morgan fingerprint density at radius 2 is 1.20 bits per heavy atom. The highest BCUT2D eigenvalue weighted by Gasteiger charge is 2.27. The van der Waals surface area contributed by atoms with Gasteiger partial charge >= 0.3 is 0 Å². The topological polar surface area (TPSA) is 20.2 Å². The fourth-order valence-corrected chi connectivity index (χ4v) is 2.23. The highest BCUT2D eigenvalue weighted by Crippen LogP contribution is 2.32. The molecule has 1 heteroatoms. The van der Waals surface area contributed by atoms with Crippen LogP contribution in [0, 0.1) is 10.8 Å². The maximum absolute atomic E-state index is 10.2. The van der Waals surface area contributed by atoms with Crippen molar-refractivity contribution >= 4 is 0 Å². The Morgan fingerprint density at radius 3 is 1.53 bits per heavy atom. The van der Waals surface area contributed by atoms with Gasteiger partial charge in [-0.15, -0.1) is 0 Å². The van der Waals surface area contributed by atoms with E-state index in [1.807, 2.05) is 6.92 Å². The standard InChI is InChI=1S/C14H30O/c1-12(2,3)9-8-10-14(7,15)11-13(4,5)6/h15H,8-11H2,1-7H3. The molecule has 0 radical (unpaired) electrons. The lowest BCUT2D eigenvalue weighted by Gasteiger charge is -2.32. The van der Waals surface area contributed by atoms with Gasteiger partial charge in [0.15, 0.2) is 0 Å². The summed E-state index contributed by atoms with van der Waals surface area (Å²) >= 11 is 0. The van der Waals surface area contributed by atoms with Crippen LogP contribution in [0.5, 0.6) is 0 Å². The second kappa shape index (κ2) is 4.86. The first-order valence-electron chi connectivity index (χ1n) is 6.14. The van der Waals surface area contributed by atoms with Crippen molar-refractivity contribution in [2.75, 3.05) is 0 Å². The third-order valence-electron chi connectivity index (χ3n) is 2.55. The van der Waals surface area contributed by atoms with Crippen LogP contribution < -0.4 is 0 Å². The van der Waals surface area contributed by atoms with E-state index in [2.05, 4.69) is 41.5 Å². The number of hydrogen-bond acceptors (Lipinski definition) is 1. The Balaban J connectivity index is 3.95. The number of rotatable bonds is 4. The van der Waals surface area contributed by atoms with Gasteiger partial charge in [0.2, 0.25) is 0 Å². The molecule has 0 aromatic rings. The van der Waals surface area contributed by atoms with Crippen LogP contribution in [0.15, 0.2) is 0 Å². The molecule has 0 saturated carbocycles. The lowest BCUT2D eigenvalue weighted by atomic mass is 9.79. The molecule has 0 aliphatic rings. The number of aliphatic hydroxyl groups is 1. The van der Waals surface area contributed by atoms with Gasteiger partial charge in [0.1, 0.15) is 0 Å². The van der Waals surface area contributed by atoms with Gasteiger partial charge in [0.25, 0.3) is 0 Å². The van der Waals surface area contributed by atoms with Crippen molar-refractivity contribution in [2.45, 2.75) is 79.8 Å². The monoisotopic (exact) mass is 214 g/mol. The first-order chi connectivity index (χ1) is 6.41. The second-order valence-corrected chi connectivity index (χ2v) is 7.65. The van der Waals surface area contributed by atoms with E-state index in [-0.39, 0.29) is 5.41 Å². The maximum Gasteiger partial charge on any atom is 0.0624 e. The first-order valence-corrected chi connectivity index (χ1v) is 6.14. The average Bonchev–Trinajstić information content (AvgIpc) is 1.75. The molecule has 0 spiro atoms. The smallest absolute Gasteiger partial charge is 0.0624 e. The third kappa shape index (κ3) is 10.2. The van der Waals surface area contributed by atoms with E-state index >= 15 is 0 Å². The van der Waals surface area contributed by atoms with Crippen molar-refractivity contribution < 1.29 is 5.11 Å². The summed E-state index contributed by atoms with van der Waals surface area (Å²) in [6.45, 7) is 15.3. The molecule has 0 aromatic heterocycles. The minimum atomic E-state index is -0.497. The van der Waals surface area contributed by atoms with Crippen LogP contribution in [0.25, 0.3) is 0 Å². The lowest BCUT2D eigenvalue weighted by Crippen LogP contribution is -2.30. The summed E-state index contributed by atoms with van der Waals surface area (Å²) in [5.74, 6) is 0. The predicted octanol–water partition coefficient (Wildman–Crippen LogP) is 4.39. The molecule has 0 rings (SSSR count). The van der Waals surface area contributed by atoms with Crippen molar-refractivity contribution in [1.29, 1.82) is 0 Å². The lowest BCUT2D eigenvalue weighted by molar-refractivity contribution is 0.00757. The second-order valence-electron chi connectivity index (χ2n) is 7.65. The quantitative estimate of drug-likeness (QED) is 0.736. The predicted molar refractivity (Wildman–Crippen MR) is 68.0 cm³/mol. The molecule has 1 nitrogen and oxygen atoms in total. The van der Waals surface area contributed by atoms with Crippen LogP contribution in [0.4, 0.5) is 0 Å². The zero-order chi connectivity index (χ0) is 12.3. The third-order valence-corrected chi connectivity index (χ3v) is 2.55. The van der Waals surface area contributed by atoms with E-state index in [0.29, 0.717) is 5.41 Å². The summed E-state index contributed by atoms with van der Waals surface area (Å²) in [5, 5.41) is 10.2. The van der Waals surface area contributed by atoms with Gasteiger partial charge in [-0.3, -0.25) is 0 Å². The molecule has 1 unspecified atom stereocenters. The highest BCUT2D eigenvalue weighted by atomic mass is 16.3. The molecule has 1 N–H and O–H groups in total. The molecule has 0 heterocycles. The molecule has 0 aliphatic heterocycles. The van der Waals surface area contributed by atoms with Crippen molar-refractivity contribution in [2.24, 2.45) is 10.8 Å². The van der Waals surface area contributed by atoms with Gasteiger partial charge in [0.05, 0.1) is 5.60 Å². The largest absolute Gasteiger partial charge is 0.390 e. The van der Waals surface area contributed by atoms with Crippen LogP contribution in [0.3, 0.4) is 0 Å². The van der Waals surface area contributed by atoms with Crippen LogP contribution >= 0.6 is 0 Å². The average molecular weight is 214 g/mol. The fourth-order valence-electron chi connectivity index (χ4n) is 2.23. The zero-order valence-electron chi connectivity index (χ0n) is 11.8. The van der Waals surface area contributed by atoms with Gasteiger partial charge in [-0.1, -0.05) is 48.0 Å². The van der Waals surface area contributed by atoms with Crippen LogP contribution in [0.1, 0.15) is 74.1 Å². The Bertz CT molecular complexity index is 178. The molecule has 0 saturated heterocycles. The van der Waals surface area contributed by atoms with Crippen LogP contribution in [-0.4, -0.2) is 10.7 Å². The Kier molecular flexibility index (Phi) is 4.85. The van der Waals surface area contributed by atoms with Gasteiger partial charge in [-0.2, -0.15) is 0 Å². The SMILES string of the molecule is CC(C)(C)CCCC(C)(O)CC(C)(C)C. The van der Waals surface area contributed by atoms with E-state index < -0.39 is 5.60 Å². The Labute approximate surface area is 96.3 Å². The Hall–Kier alpha value is -0.0400. The minimum Gasteiger partial charge on any atom is -0.390 e. The summed E-state index contributed by atoms with van der Waals surface area (Å²) in [6.07, 6.45) is 4.10. The van der Waals surface area contributed by atoms with Crippen molar-refractivity contribution in [3.8, 4) is 0 Å². The summed E-state index contributed by atoms with van der Waals surface area (Å²) in [4.78, 5) is 0. The molecular formula is C14H30O. The molecule has 0 aliphatic carbocycles. The highest BCUT2D eigenvalue weighted by molar-refractivity contribution is 4.80. The van der Waals surface area contributed by atoms with Crippen LogP contribution in [0.2, 0.25) is 0 Å². The molecule has 15 heavy (non-hydrogen) atoms. The molecular weight excluding hydrogens is 184 g/mol. The van der Waals surface area contributed by atoms with E-state index in [0.717, 1.165) is 19.3 Å². The number of hydrogen-bond donors (Lipinski definition) is 1. The zero-order valence-corrected chi connectivity index (χ0v) is 11.8. The van der Waals surface area contributed by atoms with Crippen molar-refractivity contribution in [3.05, 3.63) is 0 Å². The maximum atomic E-state index is 10.2. The fraction of sp³-hybridized carbons (Fsp3) is 1.00.